The number of ether oxygens (including phenoxy) is 2. The van der Waals surface area contributed by atoms with Crippen LogP contribution in [0.5, 0.6) is 11.5 Å². The number of carbonyl (C=O) groups is 2. The van der Waals surface area contributed by atoms with Gasteiger partial charge in [0, 0.05) is 27.1 Å². The fourth-order valence-electron chi connectivity index (χ4n) is 3.49. The average molecular weight is 399 g/mol. The maximum absolute atomic E-state index is 12.7. The molecule has 0 radical (unpaired) electrons. The van der Waals surface area contributed by atoms with E-state index in [4.69, 9.17) is 9.47 Å². The SMILES string of the molecule is CCOc1cc(/C=C2\N=C3CCCCCN3C2=O)ccc1OC(C)C(=O)N(C)C. The number of fused-ring (bicyclic) bond motifs is 1. The number of hydrogen-bond acceptors (Lipinski definition) is 5. The largest absolute Gasteiger partial charge is 0.490 e. The summed E-state index contributed by atoms with van der Waals surface area (Å²) in [5.74, 6) is 1.74. The Hall–Kier alpha value is -2.83. The maximum atomic E-state index is 12.7. The molecule has 2 amide bonds. The first-order chi connectivity index (χ1) is 13.9. The third-order valence-corrected chi connectivity index (χ3v) is 4.97. The van der Waals surface area contributed by atoms with Gasteiger partial charge >= 0.3 is 0 Å². The lowest BCUT2D eigenvalue weighted by molar-refractivity contribution is -0.135. The standard InChI is InChI=1S/C22H29N3O4/c1-5-28-19-14-16(10-11-18(19)29-15(2)21(26)24(3)4)13-17-22(27)25-12-8-6-7-9-20(25)23-17/h10-11,13-15H,5-9,12H2,1-4H3/b17-13-. The van der Waals surface area contributed by atoms with Gasteiger partial charge in [0.2, 0.25) is 0 Å². The Morgan fingerprint density at radius 3 is 2.79 bits per heavy atom. The molecule has 7 heteroatoms. The molecule has 0 aromatic heterocycles. The van der Waals surface area contributed by atoms with Crippen molar-refractivity contribution in [2.45, 2.75) is 45.6 Å². The molecule has 1 unspecified atom stereocenters. The van der Waals surface area contributed by atoms with Crippen LogP contribution in [0.4, 0.5) is 0 Å². The minimum absolute atomic E-state index is 0.0367. The number of aliphatic imine (C=N–C) groups is 1. The molecule has 7 nitrogen and oxygen atoms in total. The highest BCUT2D eigenvalue weighted by Crippen LogP contribution is 2.31. The van der Waals surface area contributed by atoms with Crippen LogP contribution in [-0.4, -0.2) is 60.8 Å². The number of nitrogens with zero attached hydrogens (tertiary/aromatic N) is 3. The number of benzene rings is 1. The van der Waals surface area contributed by atoms with E-state index in [1.807, 2.05) is 19.1 Å². The van der Waals surface area contributed by atoms with Crippen LogP contribution in [0.1, 0.15) is 45.1 Å². The molecule has 0 aliphatic carbocycles. The normalized spacial score (nSPS) is 18.8. The van der Waals surface area contributed by atoms with Crippen LogP contribution in [0.15, 0.2) is 28.9 Å². The summed E-state index contributed by atoms with van der Waals surface area (Å²) in [6.45, 7) is 4.79. The van der Waals surface area contributed by atoms with Crippen LogP contribution >= 0.6 is 0 Å². The van der Waals surface area contributed by atoms with E-state index in [1.165, 1.54) is 4.90 Å². The molecule has 29 heavy (non-hydrogen) atoms. The smallest absolute Gasteiger partial charge is 0.277 e. The van der Waals surface area contributed by atoms with Crippen molar-refractivity contribution in [3.63, 3.8) is 0 Å². The molecular formula is C22H29N3O4. The van der Waals surface area contributed by atoms with Crippen LogP contribution in [0.3, 0.4) is 0 Å². The Morgan fingerprint density at radius 2 is 2.07 bits per heavy atom. The van der Waals surface area contributed by atoms with Gasteiger partial charge in [-0.15, -0.1) is 0 Å². The molecule has 3 rings (SSSR count). The fraction of sp³-hybridized carbons (Fsp3) is 0.500. The molecular weight excluding hydrogens is 370 g/mol. The summed E-state index contributed by atoms with van der Waals surface area (Å²) in [4.78, 5) is 32.7. The van der Waals surface area contributed by atoms with E-state index < -0.39 is 6.10 Å². The fourth-order valence-corrected chi connectivity index (χ4v) is 3.49. The topological polar surface area (TPSA) is 71.4 Å². The molecule has 0 saturated carbocycles. The quantitative estimate of drug-likeness (QED) is 0.689. The summed E-state index contributed by atoms with van der Waals surface area (Å²) in [6, 6.07) is 5.42. The van der Waals surface area contributed by atoms with E-state index >= 15 is 0 Å². The van der Waals surface area contributed by atoms with Crippen LogP contribution in [0.25, 0.3) is 6.08 Å². The number of amidine groups is 1. The van der Waals surface area contributed by atoms with E-state index in [1.54, 1.807) is 38.1 Å². The summed E-state index contributed by atoms with van der Waals surface area (Å²) >= 11 is 0. The number of amides is 2. The van der Waals surface area contributed by atoms with E-state index in [2.05, 4.69) is 4.99 Å². The molecule has 2 aliphatic rings. The van der Waals surface area contributed by atoms with Crippen molar-refractivity contribution in [1.82, 2.24) is 9.80 Å². The zero-order chi connectivity index (χ0) is 21.0. The average Bonchev–Trinajstić information content (AvgIpc) is 2.85. The molecule has 1 fully saturated rings. The Bertz CT molecular complexity index is 844. The highest BCUT2D eigenvalue weighted by Gasteiger charge is 2.30. The molecule has 1 saturated heterocycles. The van der Waals surface area contributed by atoms with Gasteiger partial charge in [-0.05, 0) is 50.5 Å². The zero-order valence-electron chi connectivity index (χ0n) is 17.6. The van der Waals surface area contributed by atoms with Crippen molar-refractivity contribution >= 4 is 23.7 Å². The molecule has 1 aromatic carbocycles. The number of likely N-dealkylation sites (N-methyl/N-ethyl adjacent to an activating group) is 1. The van der Waals surface area contributed by atoms with Gasteiger partial charge in [0.15, 0.2) is 17.6 Å². The molecule has 2 aliphatic heterocycles. The van der Waals surface area contributed by atoms with Crippen molar-refractivity contribution in [2.75, 3.05) is 27.2 Å². The lowest BCUT2D eigenvalue weighted by Crippen LogP contribution is -2.35. The highest BCUT2D eigenvalue weighted by atomic mass is 16.5. The van der Waals surface area contributed by atoms with Crippen LogP contribution in [0, 0.1) is 0 Å². The van der Waals surface area contributed by atoms with Gasteiger partial charge in [-0.25, -0.2) is 4.99 Å². The summed E-state index contributed by atoms with van der Waals surface area (Å²) in [6.07, 6.45) is 5.22. The second-order valence-corrected chi connectivity index (χ2v) is 7.46. The van der Waals surface area contributed by atoms with Crippen molar-refractivity contribution in [2.24, 2.45) is 4.99 Å². The van der Waals surface area contributed by atoms with Gasteiger partial charge < -0.3 is 14.4 Å². The van der Waals surface area contributed by atoms with E-state index in [-0.39, 0.29) is 11.8 Å². The van der Waals surface area contributed by atoms with Gasteiger partial charge in [0.05, 0.1) is 6.61 Å². The first-order valence-corrected chi connectivity index (χ1v) is 10.2. The summed E-state index contributed by atoms with van der Waals surface area (Å²) in [5, 5.41) is 0. The number of rotatable bonds is 6. The first kappa shape index (κ1) is 20.9. The van der Waals surface area contributed by atoms with Gasteiger partial charge in [-0.3, -0.25) is 14.5 Å². The Kier molecular flexibility index (Phi) is 6.56. The number of carbonyl (C=O) groups excluding carboxylic acids is 2. The van der Waals surface area contributed by atoms with Crippen molar-refractivity contribution in [1.29, 1.82) is 0 Å². The van der Waals surface area contributed by atoms with E-state index in [0.717, 1.165) is 43.6 Å². The first-order valence-electron chi connectivity index (χ1n) is 10.2. The maximum Gasteiger partial charge on any atom is 0.277 e. The van der Waals surface area contributed by atoms with Crippen molar-refractivity contribution < 1.29 is 19.1 Å². The van der Waals surface area contributed by atoms with Crippen LogP contribution < -0.4 is 9.47 Å². The predicted octanol–water partition coefficient (Wildman–Crippen LogP) is 3.10. The molecule has 1 aromatic rings. The molecule has 0 N–H and O–H groups in total. The van der Waals surface area contributed by atoms with Gasteiger partial charge in [0.25, 0.3) is 11.8 Å². The van der Waals surface area contributed by atoms with Crippen LogP contribution in [0.2, 0.25) is 0 Å². The van der Waals surface area contributed by atoms with E-state index in [0.29, 0.717) is 23.8 Å². The van der Waals surface area contributed by atoms with Gasteiger partial charge in [-0.2, -0.15) is 0 Å². The Labute approximate surface area is 172 Å². The molecule has 0 spiro atoms. The second-order valence-electron chi connectivity index (χ2n) is 7.46. The molecule has 156 valence electrons. The van der Waals surface area contributed by atoms with Gasteiger partial charge in [0.1, 0.15) is 11.5 Å². The minimum Gasteiger partial charge on any atom is -0.490 e. The second kappa shape index (κ2) is 9.11. The summed E-state index contributed by atoms with van der Waals surface area (Å²) < 4.78 is 11.5. The lowest BCUT2D eigenvalue weighted by atomic mass is 10.1. The summed E-state index contributed by atoms with van der Waals surface area (Å²) in [5.41, 5.74) is 1.26. The summed E-state index contributed by atoms with van der Waals surface area (Å²) in [7, 11) is 3.38. The predicted molar refractivity (Wildman–Crippen MR) is 112 cm³/mol. The zero-order valence-corrected chi connectivity index (χ0v) is 17.6. The lowest BCUT2D eigenvalue weighted by Gasteiger charge is -2.20. The van der Waals surface area contributed by atoms with Gasteiger partial charge in [-0.1, -0.05) is 12.5 Å². The van der Waals surface area contributed by atoms with Crippen molar-refractivity contribution in [3.8, 4) is 11.5 Å². The van der Waals surface area contributed by atoms with Crippen molar-refractivity contribution in [3.05, 3.63) is 29.5 Å². The monoisotopic (exact) mass is 399 g/mol. The highest BCUT2D eigenvalue weighted by molar-refractivity contribution is 6.14. The number of hydrogen-bond donors (Lipinski definition) is 0. The third kappa shape index (κ3) is 4.78. The molecule has 0 bridgehead atoms. The van der Waals surface area contributed by atoms with Crippen LogP contribution in [-0.2, 0) is 9.59 Å². The Morgan fingerprint density at radius 1 is 1.28 bits per heavy atom. The minimum atomic E-state index is -0.629. The third-order valence-electron chi connectivity index (χ3n) is 4.97. The Balaban J connectivity index is 1.84. The van der Waals surface area contributed by atoms with E-state index in [9.17, 15) is 9.59 Å². The molecule has 2 heterocycles. The molecule has 1 atom stereocenters.